The van der Waals surface area contributed by atoms with E-state index in [1.54, 1.807) is 18.5 Å². The summed E-state index contributed by atoms with van der Waals surface area (Å²) in [6.45, 7) is 5.53. The van der Waals surface area contributed by atoms with Gasteiger partial charge in [0.15, 0.2) is 0 Å². The number of aromatic amines is 1. The molecule has 1 aliphatic heterocycles. The highest BCUT2D eigenvalue weighted by Crippen LogP contribution is 2.18. The van der Waals surface area contributed by atoms with E-state index in [-0.39, 0.29) is 0 Å². The lowest BCUT2D eigenvalue weighted by Gasteiger charge is -2.17. The van der Waals surface area contributed by atoms with Crippen molar-refractivity contribution < 1.29 is 4.39 Å². The second-order valence-corrected chi connectivity index (χ2v) is 6.24. The summed E-state index contributed by atoms with van der Waals surface area (Å²) in [4.78, 5) is 13.8. The molecule has 26 heavy (non-hydrogen) atoms. The molecule has 2 aromatic heterocycles. The second kappa shape index (κ2) is 8.99. The van der Waals surface area contributed by atoms with Crippen LogP contribution < -0.4 is 5.32 Å². The first-order valence-electron chi connectivity index (χ1n) is 8.79. The van der Waals surface area contributed by atoms with Crippen LogP contribution in [0, 0.1) is 0 Å². The highest BCUT2D eigenvalue weighted by atomic mass is 19.1. The monoisotopic (exact) mass is 353 g/mol. The quantitative estimate of drug-likeness (QED) is 0.562. The van der Waals surface area contributed by atoms with Crippen LogP contribution >= 0.6 is 0 Å². The van der Waals surface area contributed by atoms with Gasteiger partial charge in [-0.1, -0.05) is 12.7 Å². The summed E-state index contributed by atoms with van der Waals surface area (Å²) in [5, 5.41) is 3.32. The molecule has 1 aliphatic rings. The number of hydrogen-bond acceptors (Lipinski definition) is 4. The van der Waals surface area contributed by atoms with Crippen molar-refractivity contribution in [2.75, 3.05) is 18.4 Å². The first kappa shape index (κ1) is 17.9. The molecule has 3 heterocycles. The van der Waals surface area contributed by atoms with Gasteiger partial charge in [-0.25, -0.2) is 9.38 Å². The fraction of sp³-hybridized carbons (Fsp3) is 0.300. The van der Waals surface area contributed by atoms with Crippen LogP contribution in [0.2, 0.25) is 0 Å². The van der Waals surface area contributed by atoms with Crippen LogP contribution in [0.5, 0.6) is 0 Å². The molecule has 5 nitrogen and oxygen atoms in total. The fourth-order valence-electron chi connectivity index (χ4n) is 2.88. The maximum Gasteiger partial charge on any atom is 0.128 e. The van der Waals surface area contributed by atoms with Gasteiger partial charge in [0.05, 0.1) is 18.8 Å². The highest BCUT2D eigenvalue weighted by Gasteiger charge is 2.22. The van der Waals surface area contributed by atoms with Crippen LogP contribution in [0.3, 0.4) is 0 Å². The highest BCUT2D eigenvalue weighted by molar-refractivity contribution is 5.63. The molecule has 0 aliphatic carbocycles. The molecule has 1 fully saturated rings. The predicted molar refractivity (Wildman–Crippen MR) is 104 cm³/mol. The number of pyridine rings is 1. The number of anilines is 1. The van der Waals surface area contributed by atoms with Crippen molar-refractivity contribution in [3.8, 4) is 0 Å². The van der Waals surface area contributed by atoms with Crippen molar-refractivity contribution in [2.24, 2.45) is 4.99 Å². The van der Waals surface area contributed by atoms with Gasteiger partial charge >= 0.3 is 0 Å². The third-order valence-corrected chi connectivity index (χ3v) is 4.22. The van der Waals surface area contributed by atoms with E-state index in [0.717, 1.165) is 22.8 Å². The van der Waals surface area contributed by atoms with Gasteiger partial charge in [0.2, 0.25) is 0 Å². The van der Waals surface area contributed by atoms with Crippen molar-refractivity contribution in [1.82, 2.24) is 14.9 Å². The third-order valence-electron chi connectivity index (χ3n) is 4.22. The number of H-pyrrole nitrogens is 1. The molecule has 2 aromatic rings. The van der Waals surface area contributed by atoms with Crippen molar-refractivity contribution in [3.05, 3.63) is 72.6 Å². The molecule has 0 unspecified atom stereocenters. The first-order chi connectivity index (χ1) is 12.7. The Kier molecular flexibility index (Phi) is 6.19. The van der Waals surface area contributed by atoms with E-state index in [4.69, 9.17) is 0 Å². The number of rotatable bonds is 8. The lowest BCUT2D eigenvalue weighted by molar-refractivity contribution is 0.323. The van der Waals surface area contributed by atoms with Crippen molar-refractivity contribution in [1.29, 1.82) is 0 Å². The van der Waals surface area contributed by atoms with Gasteiger partial charge in [-0.3, -0.25) is 4.98 Å². The molecule has 0 spiro atoms. The van der Waals surface area contributed by atoms with Crippen molar-refractivity contribution >= 4 is 11.9 Å². The Balaban J connectivity index is 1.52. The number of alkyl halides is 1. The summed E-state index contributed by atoms with van der Waals surface area (Å²) < 4.78 is 13.4. The molecular weight excluding hydrogens is 329 g/mol. The topological polar surface area (TPSA) is 56.3 Å². The molecule has 1 saturated heterocycles. The minimum absolute atomic E-state index is 0.408. The van der Waals surface area contributed by atoms with Gasteiger partial charge in [0, 0.05) is 43.5 Å². The van der Waals surface area contributed by atoms with Gasteiger partial charge in [-0.05, 0) is 36.3 Å². The molecule has 1 atom stereocenters. The average Bonchev–Trinajstić information content (AvgIpc) is 3.29. The molecule has 3 rings (SSSR count). The van der Waals surface area contributed by atoms with Crippen molar-refractivity contribution in [2.45, 2.75) is 25.6 Å². The maximum absolute atomic E-state index is 13.4. The SMILES string of the molecule is C=C/C=C(\N=CCc1c[nH]c(CNc2cccnc2)c1)N1CC[C@@H](F)C1. The zero-order valence-corrected chi connectivity index (χ0v) is 14.7. The molecule has 0 bridgehead atoms. The maximum atomic E-state index is 13.4. The summed E-state index contributed by atoms with van der Waals surface area (Å²) in [5.74, 6) is 0.772. The lowest BCUT2D eigenvalue weighted by Crippen LogP contribution is -2.19. The molecule has 2 N–H and O–H groups in total. The number of likely N-dealkylation sites (tertiary alicyclic amines) is 1. The summed E-state index contributed by atoms with van der Waals surface area (Å²) in [5.41, 5.74) is 3.24. The third kappa shape index (κ3) is 5.05. The van der Waals surface area contributed by atoms with Gasteiger partial charge < -0.3 is 15.2 Å². The molecule has 0 amide bonds. The van der Waals surface area contributed by atoms with E-state index in [1.165, 1.54) is 0 Å². The summed E-state index contributed by atoms with van der Waals surface area (Å²) in [6.07, 6.45) is 11.4. The normalized spacial score (nSPS) is 17.8. The number of aliphatic imine (C=N–C) groups is 1. The van der Waals surface area contributed by atoms with Crippen molar-refractivity contribution in [3.63, 3.8) is 0 Å². The van der Waals surface area contributed by atoms with E-state index < -0.39 is 6.17 Å². The number of halogens is 1. The number of hydrogen-bond donors (Lipinski definition) is 2. The van der Waals surface area contributed by atoms with Gasteiger partial charge in [-0.2, -0.15) is 0 Å². The number of allylic oxidation sites excluding steroid dienone is 2. The van der Waals surface area contributed by atoms with Crippen LogP contribution in [0.25, 0.3) is 0 Å². The van der Waals surface area contributed by atoms with Crippen LogP contribution in [0.15, 0.2) is 66.3 Å². The molecule has 0 aromatic carbocycles. The van der Waals surface area contributed by atoms with E-state index >= 15 is 0 Å². The standard InChI is InChI=1S/C20H24FN5/c1-2-4-20(26-10-7-17(21)15-26)23-9-6-16-11-19(24-12-16)14-25-18-5-3-8-22-13-18/h2-5,8-9,11-13,17,24-25H,1,6-7,10,14-15H2/b20-4+,23-9?/t17-/m1/s1. The van der Waals surface area contributed by atoms with Gasteiger partial charge in [0.25, 0.3) is 0 Å². The Morgan fingerprint density at radius 1 is 1.54 bits per heavy atom. The summed E-state index contributed by atoms with van der Waals surface area (Å²) in [6, 6.07) is 6.00. The molecule has 6 heteroatoms. The van der Waals surface area contributed by atoms with E-state index in [2.05, 4.69) is 32.9 Å². The van der Waals surface area contributed by atoms with E-state index in [1.807, 2.05) is 35.5 Å². The summed E-state index contributed by atoms with van der Waals surface area (Å²) in [7, 11) is 0. The Morgan fingerprint density at radius 3 is 3.19 bits per heavy atom. The van der Waals surface area contributed by atoms with E-state index in [9.17, 15) is 4.39 Å². The Labute approximate surface area is 153 Å². The fourth-order valence-corrected chi connectivity index (χ4v) is 2.88. The zero-order valence-electron chi connectivity index (χ0n) is 14.7. The average molecular weight is 353 g/mol. The van der Waals surface area contributed by atoms with Crippen LogP contribution in [0.1, 0.15) is 17.7 Å². The first-order valence-corrected chi connectivity index (χ1v) is 8.79. The second-order valence-electron chi connectivity index (χ2n) is 6.24. The largest absolute Gasteiger partial charge is 0.378 e. The van der Waals surface area contributed by atoms with Gasteiger partial charge in [-0.15, -0.1) is 0 Å². The Morgan fingerprint density at radius 2 is 2.46 bits per heavy atom. The number of nitrogens with one attached hydrogen (secondary N) is 2. The van der Waals surface area contributed by atoms with E-state index in [0.29, 0.717) is 32.5 Å². The minimum Gasteiger partial charge on any atom is -0.378 e. The summed E-state index contributed by atoms with van der Waals surface area (Å²) >= 11 is 0. The predicted octanol–water partition coefficient (Wildman–Crippen LogP) is 3.71. The molecule has 0 saturated carbocycles. The van der Waals surface area contributed by atoms with Crippen LogP contribution in [0.4, 0.5) is 10.1 Å². The van der Waals surface area contributed by atoms with Crippen LogP contribution in [-0.2, 0) is 13.0 Å². The molecular formula is C20H24FN5. The number of nitrogens with zero attached hydrogens (tertiary/aromatic N) is 3. The number of aromatic nitrogens is 2. The lowest BCUT2D eigenvalue weighted by atomic mass is 10.2. The Bertz CT molecular complexity index is 766. The molecule has 0 radical (unpaired) electrons. The smallest absolute Gasteiger partial charge is 0.128 e. The Hall–Kier alpha value is -2.89. The van der Waals surface area contributed by atoms with Gasteiger partial charge in [0.1, 0.15) is 12.0 Å². The zero-order chi connectivity index (χ0) is 18.2. The van der Waals surface area contributed by atoms with Crippen LogP contribution in [-0.4, -0.2) is 40.3 Å². The molecule has 136 valence electrons. The minimum atomic E-state index is -0.766.